The van der Waals surface area contributed by atoms with Crippen LogP contribution in [0.4, 0.5) is 10.5 Å². The molecular weight excluding hydrogens is 328 g/mol. The van der Waals surface area contributed by atoms with Crippen molar-refractivity contribution in [3.63, 3.8) is 0 Å². The SMILES string of the molecule is Cc1ccc(C(=O)NC2CC2)cc1NC(=O)NCCN1CCC(C)CC1. The number of anilines is 1. The van der Waals surface area contributed by atoms with Crippen molar-refractivity contribution in [3.8, 4) is 0 Å². The minimum Gasteiger partial charge on any atom is -0.349 e. The summed E-state index contributed by atoms with van der Waals surface area (Å²) in [6, 6.07) is 5.51. The Morgan fingerprint density at radius 2 is 1.88 bits per heavy atom. The molecule has 1 aliphatic carbocycles. The van der Waals surface area contributed by atoms with Crippen molar-refractivity contribution < 1.29 is 9.59 Å². The highest BCUT2D eigenvalue weighted by Crippen LogP contribution is 2.21. The number of piperidine rings is 1. The van der Waals surface area contributed by atoms with Crippen LogP contribution in [0.5, 0.6) is 0 Å². The number of nitrogens with zero attached hydrogens (tertiary/aromatic N) is 1. The molecule has 2 fully saturated rings. The first-order valence-electron chi connectivity index (χ1n) is 9.70. The van der Waals surface area contributed by atoms with E-state index in [1.54, 1.807) is 12.1 Å². The smallest absolute Gasteiger partial charge is 0.319 e. The van der Waals surface area contributed by atoms with Gasteiger partial charge in [0.2, 0.25) is 0 Å². The Hall–Kier alpha value is -2.08. The summed E-state index contributed by atoms with van der Waals surface area (Å²) in [6.07, 6.45) is 4.59. The van der Waals surface area contributed by atoms with Crippen LogP contribution in [0.1, 0.15) is 48.5 Å². The summed E-state index contributed by atoms with van der Waals surface area (Å²) in [7, 11) is 0. The number of likely N-dealkylation sites (tertiary alicyclic amines) is 1. The van der Waals surface area contributed by atoms with E-state index in [-0.39, 0.29) is 11.9 Å². The maximum Gasteiger partial charge on any atom is 0.319 e. The van der Waals surface area contributed by atoms with Crippen LogP contribution in [0.25, 0.3) is 0 Å². The number of amides is 3. The van der Waals surface area contributed by atoms with Crippen molar-refractivity contribution in [2.24, 2.45) is 5.92 Å². The van der Waals surface area contributed by atoms with Gasteiger partial charge < -0.3 is 20.9 Å². The fourth-order valence-corrected chi connectivity index (χ4v) is 3.17. The van der Waals surface area contributed by atoms with Gasteiger partial charge in [-0.3, -0.25) is 4.79 Å². The molecule has 6 nitrogen and oxygen atoms in total. The lowest BCUT2D eigenvalue weighted by Crippen LogP contribution is -2.40. The maximum absolute atomic E-state index is 12.2. The molecule has 3 rings (SSSR count). The van der Waals surface area contributed by atoms with Gasteiger partial charge >= 0.3 is 6.03 Å². The zero-order valence-corrected chi connectivity index (χ0v) is 15.8. The number of hydrogen-bond donors (Lipinski definition) is 3. The number of rotatable bonds is 6. The van der Waals surface area contributed by atoms with Crippen molar-refractivity contribution >= 4 is 17.6 Å². The Balaban J connectivity index is 1.46. The third kappa shape index (κ3) is 5.46. The van der Waals surface area contributed by atoms with Gasteiger partial charge in [-0.2, -0.15) is 0 Å². The van der Waals surface area contributed by atoms with Crippen LogP contribution in [-0.2, 0) is 0 Å². The first-order valence-corrected chi connectivity index (χ1v) is 9.70. The van der Waals surface area contributed by atoms with E-state index in [0.29, 0.717) is 23.8 Å². The third-order valence-corrected chi connectivity index (χ3v) is 5.25. The number of carbonyl (C=O) groups is 2. The molecule has 6 heteroatoms. The first-order chi connectivity index (χ1) is 12.5. The first kappa shape index (κ1) is 18.7. The zero-order valence-electron chi connectivity index (χ0n) is 15.8. The average molecular weight is 358 g/mol. The molecule has 1 saturated heterocycles. The van der Waals surface area contributed by atoms with Gasteiger partial charge in [0.1, 0.15) is 0 Å². The van der Waals surface area contributed by atoms with E-state index in [9.17, 15) is 9.59 Å². The molecule has 3 amide bonds. The topological polar surface area (TPSA) is 73.5 Å². The summed E-state index contributed by atoms with van der Waals surface area (Å²) in [5.41, 5.74) is 2.20. The average Bonchev–Trinajstić information content (AvgIpc) is 3.42. The molecule has 1 aliphatic heterocycles. The van der Waals surface area contributed by atoms with Crippen LogP contribution < -0.4 is 16.0 Å². The number of nitrogens with one attached hydrogen (secondary N) is 3. The van der Waals surface area contributed by atoms with Crippen molar-refractivity contribution in [1.29, 1.82) is 0 Å². The standard InChI is InChI=1S/C20H30N4O2/c1-14-7-10-24(11-8-14)12-9-21-20(26)23-18-13-16(4-3-15(18)2)19(25)22-17-5-6-17/h3-4,13-14,17H,5-12H2,1-2H3,(H,22,25)(H2,21,23,26). The predicted octanol–water partition coefficient (Wildman–Crippen LogP) is 2.74. The Labute approximate surface area is 155 Å². The fourth-order valence-electron chi connectivity index (χ4n) is 3.17. The van der Waals surface area contributed by atoms with E-state index >= 15 is 0 Å². The zero-order chi connectivity index (χ0) is 18.5. The second-order valence-electron chi connectivity index (χ2n) is 7.68. The molecule has 1 saturated carbocycles. The molecule has 0 bridgehead atoms. The Morgan fingerprint density at radius 1 is 1.15 bits per heavy atom. The van der Waals surface area contributed by atoms with Crippen LogP contribution in [0.3, 0.4) is 0 Å². The quantitative estimate of drug-likeness (QED) is 0.732. The largest absolute Gasteiger partial charge is 0.349 e. The number of aryl methyl sites for hydroxylation is 1. The fraction of sp³-hybridized carbons (Fsp3) is 0.600. The van der Waals surface area contributed by atoms with Gasteiger partial charge in [-0.1, -0.05) is 13.0 Å². The van der Waals surface area contributed by atoms with E-state index in [1.807, 2.05) is 13.0 Å². The van der Waals surface area contributed by atoms with Crippen LogP contribution in [0, 0.1) is 12.8 Å². The van der Waals surface area contributed by atoms with Crippen molar-refractivity contribution in [3.05, 3.63) is 29.3 Å². The lowest BCUT2D eigenvalue weighted by Gasteiger charge is -2.30. The molecular formula is C20H30N4O2. The third-order valence-electron chi connectivity index (χ3n) is 5.25. The molecule has 0 radical (unpaired) electrons. The number of urea groups is 1. The van der Waals surface area contributed by atoms with E-state index in [1.165, 1.54) is 12.8 Å². The Morgan fingerprint density at radius 3 is 2.58 bits per heavy atom. The number of hydrogen-bond acceptors (Lipinski definition) is 3. The number of benzene rings is 1. The van der Waals surface area contributed by atoms with Gasteiger partial charge in [-0.05, 0) is 69.3 Å². The molecule has 1 aromatic rings. The lowest BCUT2D eigenvalue weighted by molar-refractivity contribution is 0.0951. The van der Waals surface area contributed by atoms with Gasteiger partial charge in [0.25, 0.3) is 5.91 Å². The second-order valence-corrected chi connectivity index (χ2v) is 7.68. The summed E-state index contributed by atoms with van der Waals surface area (Å²) in [6.45, 7) is 7.95. The highest BCUT2D eigenvalue weighted by molar-refractivity contribution is 5.97. The monoisotopic (exact) mass is 358 g/mol. The summed E-state index contributed by atoms with van der Waals surface area (Å²) in [4.78, 5) is 26.8. The van der Waals surface area contributed by atoms with Crippen LogP contribution in [0.15, 0.2) is 18.2 Å². The van der Waals surface area contributed by atoms with Gasteiger partial charge in [-0.25, -0.2) is 4.79 Å². The van der Waals surface area contributed by atoms with Gasteiger partial charge in [0.15, 0.2) is 0 Å². The molecule has 2 aliphatic rings. The summed E-state index contributed by atoms with van der Waals surface area (Å²) in [5.74, 6) is 0.741. The summed E-state index contributed by atoms with van der Waals surface area (Å²) in [5, 5.41) is 8.76. The van der Waals surface area contributed by atoms with Crippen LogP contribution in [-0.4, -0.2) is 49.1 Å². The molecule has 1 heterocycles. The highest BCUT2D eigenvalue weighted by atomic mass is 16.2. The minimum absolute atomic E-state index is 0.0738. The molecule has 0 spiro atoms. The maximum atomic E-state index is 12.2. The van der Waals surface area contributed by atoms with Crippen molar-refractivity contribution in [2.45, 2.75) is 45.6 Å². The molecule has 1 aromatic carbocycles. The highest BCUT2D eigenvalue weighted by Gasteiger charge is 2.24. The van der Waals surface area contributed by atoms with Gasteiger partial charge in [-0.15, -0.1) is 0 Å². The number of carbonyl (C=O) groups excluding carboxylic acids is 2. The molecule has 0 aromatic heterocycles. The van der Waals surface area contributed by atoms with Crippen LogP contribution in [0.2, 0.25) is 0 Å². The molecule has 0 unspecified atom stereocenters. The molecule has 26 heavy (non-hydrogen) atoms. The molecule has 142 valence electrons. The van der Waals surface area contributed by atoms with Gasteiger partial charge in [0.05, 0.1) is 0 Å². The predicted molar refractivity (Wildman–Crippen MR) is 104 cm³/mol. The molecule has 3 N–H and O–H groups in total. The van der Waals surface area contributed by atoms with Gasteiger partial charge in [0, 0.05) is 30.4 Å². The lowest BCUT2D eigenvalue weighted by atomic mass is 9.99. The van der Waals surface area contributed by atoms with E-state index in [0.717, 1.165) is 44.0 Å². The molecule has 0 atom stereocenters. The van der Waals surface area contributed by atoms with E-state index < -0.39 is 0 Å². The summed E-state index contributed by atoms with van der Waals surface area (Å²) < 4.78 is 0. The Bertz CT molecular complexity index is 649. The second kappa shape index (κ2) is 8.54. The van der Waals surface area contributed by atoms with Crippen molar-refractivity contribution in [1.82, 2.24) is 15.5 Å². The summed E-state index contributed by atoms with van der Waals surface area (Å²) >= 11 is 0. The normalized spacial score (nSPS) is 18.4. The minimum atomic E-state index is -0.224. The van der Waals surface area contributed by atoms with Crippen LogP contribution >= 0.6 is 0 Å². The Kier molecular flexibility index (Phi) is 6.14. The van der Waals surface area contributed by atoms with E-state index in [4.69, 9.17) is 0 Å². The van der Waals surface area contributed by atoms with E-state index in [2.05, 4.69) is 27.8 Å². The van der Waals surface area contributed by atoms with Crippen molar-refractivity contribution in [2.75, 3.05) is 31.5 Å².